The minimum atomic E-state index is 0.333. The van der Waals surface area contributed by atoms with Gasteiger partial charge in [0.05, 0.1) is 0 Å². The number of hydrogen-bond donors (Lipinski definition) is 0. The molecule has 0 bridgehead atoms. The molecule has 0 aromatic carbocycles. The van der Waals surface area contributed by atoms with Crippen LogP contribution in [0.25, 0.3) is 0 Å². The Bertz CT molecular complexity index is 505. The number of likely N-dealkylation sites (tertiary alicyclic amines) is 2. The molecule has 2 fully saturated rings. The molecule has 1 aromatic rings. The zero-order chi connectivity index (χ0) is 15.4. The Morgan fingerprint density at radius 3 is 2.77 bits per heavy atom. The topological polar surface area (TPSA) is 58.6 Å². The average molecular weight is 304 g/mol. The van der Waals surface area contributed by atoms with E-state index in [1.807, 2.05) is 12.4 Å². The zero-order valence-electron chi connectivity index (χ0n) is 13.2. The molecule has 2 aliphatic heterocycles. The number of nitrogens with zero attached hydrogens (tertiary/aromatic N) is 4. The van der Waals surface area contributed by atoms with Crippen molar-refractivity contribution in [3.63, 3.8) is 0 Å². The Hall–Kier alpha value is -1.53. The molecule has 2 aliphatic rings. The van der Waals surface area contributed by atoms with Gasteiger partial charge >= 0.3 is 0 Å². The highest BCUT2D eigenvalue weighted by Crippen LogP contribution is 2.22. The zero-order valence-corrected chi connectivity index (χ0v) is 13.2. The van der Waals surface area contributed by atoms with E-state index in [0.29, 0.717) is 24.4 Å². The van der Waals surface area contributed by atoms with Crippen LogP contribution >= 0.6 is 0 Å². The van der Waals surface area contributed by atoms with Gasteiger partial charge in [0.25, 0.3) is 0 Å². The molecule has 2 saturated heterocycles. The summed E-state index contributed by atoms with van der Waals surface area (Å²) >= 11 is 0. The first-order valence-corrected chi connectivity index (χ1v) is 8.07. The summed E-state index contributed by atoms with van der Waals surface area (Å²) in [7, 11) is 1.64. The van der Waals surface area contributed by atoms with Crippen LogP contribution in [0.1, 0.15) is 37.1 Å². The summed E-state index contributed by atoms with van der Waals surface area (Å²) in [5.41, 5.74) is 1.12. The predicted molar refractivity (Wildman–Crippen MR) is 82.0 cm³/mol. The number of amides is 1. The van der Waals surface area contributed by atoms with Crippen LogP contribution in [0.5, 0.6) is 0 Å². The van der Waals surface area contributed by atoms with Gasteiger partial charge in [0.2, 0.25) is 5.91 Å². The van der Waals surface area contributed by atoms with E-state index in [2.05, 4.69) is 19.8 Å². The van der Waals surface area contributed by atoms with Gasteiger partial charge in [-0.2, -0.15) is 0 Å². The van der Waals surface area contributed by atoms with Crippen molar-refractivity contribution in [1.82, 2.24) is 19.8 Å². The summed E-state index contributed by atoms with van der Waals surface area (Å²) in [6, 6.07) is 0.387. The number of rotatable bonds is 5. The molecule has 120 valence electrons. The highest BCUT2D eigenvalue weighted by atomic mass is 16.5. The largest absolute Gasteiger partial charge is 0.377 e. The SMILES string of the molecule is COCc1ncc(CN2CCCC(N3CCCC3=O)C2)cn1. The molecule has 3 rings (SSSR count). The first kappa shape index (κ1) is 15.4. The lowest BCUT2D eigenvalue weighted by atomic mass is 10.0. The summed E-state index contributed by atoms with van der Waals surface area (Å²) in [5, 5.41) is 0. The number of aromatic nitrogens is 2. The van der Waals surface area contributed by atoms with Gasteiger partial charge in [-0.25, -0.2) is 9.97 Å². The van der Waals surface area contributed by atoms with Crippen LogP contribution in [0.2, 0.25) is 0 Å². The predicted octanol–water partition coefficient (Wildman–Crippen LogP) is 1.21. The fraction of sp³-hybridized carbons (Fsp3) is 0.688. The van der Waals surface area contributed by atoms with E-state index in [1.165, 1.54) is 0 Å². The van der Waals surface area contributed by atoms with Gasteiger partial charge < -0.3 is 9.64 Å². The highest BCUT2D eigenvalue weighted by Gasteiger charge is 2.31. The van der Waals surface area contributed by atoms with E-state index in [9.17, 15) is 4.79 Å². The first-order chi connectivity index (χ1) is 10.8. The van der Waals surface area contributed by atoms with Crippen LogP contribution in [0.15, 0.2) is 12.4 Å². The third-order valence-corrected chi connectivity index (χ3v) is 4.47. The van der Waals surface area contributed by atoms with Gasteiger partial charge in [0.1, 0.15) is 6.61 Å². The van der Waals surface area contributed by atoms with E-state index < -0.39 is 0 Å². The Balaban J connectivity index is 1.56. The third kappa shape index (κ3) is 3.62. The van der Waals surface area contributed by atoms with Gasteiger partial charge in [-0.1, -0.05) is 0 Å². The molecule has 6 heteroatoms. The lowest BCUT2D eigenvalue weighted by molar-refractivity contribution is -0.130. The molecule has 1 aromatic heterocycles. The second-order valence-electron chi connectivity index (χ2n) is 6.16. The van der Waals surface area contributed by atoms with Crippen molar-refractivity contribution in [3.8, 4) is 0 Å². The lowest BCUT2D eigenvalue weighted by Gasteiger charge is -2.37. The van der Waals surface area contributed by atoms with Crippen LogP contribution in [0.4, 0.5) is 0 Å². The molecule has 0 N–H and O–H groups in total. The van der Waals surface area contributed by atoms with E-state index >= 15 is 0 Å². The maximum atomic E-state index is 11.9. The third-order valence-electron chi connectivity index (χ3n) is 4.47. The quantitative estimate of drug-likeness (QED) is 0.818. The number of hydrogen-bond acceptors (Lipinski definition) is 5. The van der Waals surface area contributed by atoms with Crippen LogP contribution in [-0.2, 0) is 22.7 Å². The average Bonchev–Trinajstić information content (AvgIpc) is 2.96. The van der Waals surface area contributed by atoms with Crippen molar-refractivity contribution < 1.29 is 9.53 Å². The summed E-state index contributed by atoms with van der Waals surface area (Å²) in [4.78, 5) is 25.0. The highest BCUT2D eigenvalue weighted by molar-refractivity contribution is 5.78. The molecule has 0 aliphatic carbocycles. The van der Waals surface area contributed by atoms with Crippen LogP contribution < -0.4 is 0 Å². The Morgan fingerprint density at radius 2 is 2.09 bits per heavy atom. The van der Waals surface area contributed by atoms with Gasteiger partial charge in [-0.05, 0) is 25.8 Å². The summed E-state index contributed by atoms with van der Waals surface area (Å²) in [5.74, 6) is 1.05. The molecule has 0 radical (unpaired) electrons. The normalized spacial score (nSPS) is 23.2. The molecule has 1 atom stereocenters. The van der Waals surface area contributed by atoms with Crippen molar-refractivity contribution in [2.24, 2.45) is 0 Å². The standard InChI is InChI=1S/C16H24N4O2/c1-22-12-15-17-8-13(9-18-15)10-19-6-2-4-14(11-19)20-7-3-5-16(20)21/h8-9,14H,2-7,10-12H2,1H3. The van der Waals surface area contributed by atoms with Gasteiger partial charge in [-0.15, -0.1) is 0 Å². The number of ether oxygens (including phenoxy) is 1. The Labute approximate surface area is 131 Å². The van der Waals surface area contributed by atoms with E-state index in [-0.39, 0.29) is 0 Å². The van der Waals surface area contributed by atoms with Crippen molar-refractivity contribution in [3.05, 3.63) is 23.8 Å². The van der Waals surface area contributed by atoms with Crippen LogP contribution in [0.3, 0.4) is 0 Å². The minimum absolute atomic E-state index is 0.333. The monoisotopic (exact) mass is 304 g/mol. The fourth-order valence-corrected chi connectivity index (χ4v) is 3.41. The lowest BCUT2D eigenvalue weighted by Crippen LogP contribution is -2.48. The van der Waals surface area contributed by atoms with E-state index in [1.54, 1.807) is 7.11 Å². The Kier molecular flexibility index (Phi) is 5.00. The number of carbonyl (C=O) groups excluding carboxylic acids is 1. The molecule has 6 nitrogen and oxygen atoms in total. The number of piperidine rings is 1. The van der Waals surface area contributed by atoms with E-state index in [0.717, 1.165) is 57.4 Å². The smallest absolute Gasteiger partial charge is 0.222 e. The summed E-state index contributed by atoms with van der Waals surface area (Å²) < 4.78 is 5.03. The molecule has 1 unspecified atom stereocenters. The van der Waals surface area contributed by atoms with Crippen molar-refractivity contribution >= 4 is 5.91 Å². The second-order valence-corrected chi connectivity index (χ2v) is 6.16. The van der Waals surface area contributed by atoms with Gasteiger partial charge in [-0.3, -0.25) is 9.69 Å². The fourth-order valence-electron chi connectivity index (χ4n) is 3.41. The molecule has 0 spiro atoms. The summed E-state index contributed by atoms with van der Waals surface area (Å²) in [6.45, 7) is 4.28. The number of carbonyl (C=O) groups is 1. The van der Waals surface area contributed by atoms with Crippen molar-refractivity contribution in [2.75, 3.05) is 26.7 Å². The second kappa shape index (κ2) is 7.15. The number of methoxy groups -OCH3 is 1. The van der Waals surface area contributed by atoms with Gasteiger partial charge in [0.15, 0.2) is 5.82 Å². The Morgan fingerprint density at radius 1 is 1.27 bits per heavy atom. The van der Waals surface area contributed by atoms with Crippen LogP contribution in [-0.4, -0.2) is 58.5 Å². The van der Waals surface area contributed by atoms with Crippen molar-refractivity contribution in [1.29, 1.82) is 0 Å². The van der Waals surface area contributed by atoms with Crippen molar-refractivity contribution in [2.45, 2.75) is 44.9 Å². The molecule has 0 saturated carbocycles. The molecule has 22 heavy (non-hydrogen) atoms. The van der Waals surface area contributed by atoms with Gasteiger partial charge in [0, 0.05) is 57.2 Å². The maximum Gasteiger partial charge on any atom is 0.222 e. The summed E-state index contributed by atoms with van der Waals surface area (Å²) in [6.07, 6.45) is 7.79. The van der Waals surface area contributed by atoms with E-state index in [4.69, 9.17) is 4.74 Å². The molecule has 1 amide bonds. The minimum Gasteiger partial charge on any atom is -0.377 e. The molecular weight excluding hydrogens is 280 g/mol. The molecular formula is C16H24N4O2. The molecule has 3 heterocycles. The van der Waals surface area contributed by atoms with Crippen LogP contribution in [0, 0.1) is 0 Å². The maximum absolute atomic E-state index is 11.9. The first-order valence-electron chi connectivity index (χ1n) is 8.07.